The maximum Gasteiger partial charge on any atom is 0.225 e. The topological polar surface area (TPSA) is 49.4 Å². The molecule has 0 radical (unpaired) electrons. The third-order valence-electron chi connectivity index (χ3n) is 3.35. The van der Waals surface area contributed by atoms with Gasteiger partial charge < -0.3 is 10.2 Å². The number of carbonyl (C=O) groups excluding carboxylic acids is 2. The van der Waals surface area contributed by atoms with Crippen LogP contribution in [0.1, 0.15) is 17.4 Å². The van der Waals surface area contributed by atoms with Crippen molar-refractivity contribution in [3.63, 3.8) is 0 Å². The highest BCUT2D eigenvalue weighted by atomic mass is 79.9. The molecule has 2 aromatic rings. The van der Waals surface area contributed by atoms with Gasteiger partial charge in [0.25, 0.3) is 0 Å². The number of hydrogen-bond donors (Lipinski definition) is 1. The van der Waals surface area contributed by atoms with Crippen LogP contribution in [0.3, 0.4) is 0 Å². The fraction of sp³-hybridized carbons (Fsp3) is 0.294. The number of amides is 2. The first kappa shape index (κ1) is 17.7. The van der Waals surface area contributed by atoms with Crippen LogP contribution in [0.2, 0.25) is 0 Å². The second-order valence-electron chi connectivity index (χ2n) is 5.23. The molecule has 4 nitrogen and oxygen atoms in total. The molecule has 2 amide bonds. The number of aryl methyl sites for hydroxylation is 1. The number of nitrogens with zero attached hydrogens (tertiary/aromatic N) is 1. The second-order valence-corrected chi connectivity index (χ2v) is 7.12. The maximum atomic E-state index is 11.9. The van der Waals surface area contributed by atoms with Gasteiger partial charge in [-0.05, 0) is 52.0 Å². The van der Waals surface area contributed by atoms with Gasteiger partial charge in [0.05, 0.1) is 12.1 Å². The number of rotatable bonds is 6. The van der Waals surface area contributed by atoms with Crippen molar-refractivity contribution in [3.8, 4) is 0 Å². The molecule has 0 aliphatic carbocycles. The Balaban J connectivity index is 1.92. The summed E-state index contributed by atoms with van der Waals surface area (Å²) in [6, 6.07) is 9.72. The number of benzene rings is 1. The van der Waals surface area contributed by atoms with E-state index in [1.54, 1.807) is 16.2 Å². The van der Waals surface area contributed by atoms with E-state index in [-0.39, 0.29) is 11.8 Å². The van der Waals surface area contributed by atoms with E-state index in [0.29, 0.717) is 19.5 Å². The zero-order chi connectivity index (χ0) is 16.8. The Labute approximate surface area is 148 Å². The van der Waals surface area contributed by atoms with E-state index in [1.807, 2.05) is 42.6 Å². The minimum atomic E-state index is -0.0536. The SMILES string of the molecule is CC(=O)N(CCNC(=O)Cc1cccs1)c1ccc(C)cc1Br. The van der Waals surface area contributed by atoms with E-state index in [2.05, 4.69) is 21.2 Å². The summed E-state index contributed by atoms with van der Waals surface area (Å²) in [4.78, 5) is 26.5. The monoisotopic (exact) mass is 394 g/mol. The van der Waals surface area contributed by atoms with Crippen molar-refractivity contribution < 1.29 is 9.59 Å². The second kappa shape index (κ2) is 8.26. The third kappa shape index (κ3) is 5.18. The highest BCUT2D eigenvalue weighted by Gasteiger charge is 2.14. The van der Waals surface area contributed by atoms with Crippen LogP contribution < -0.4 is 10.2 Å². The zero-order valence-electron chi connectivity index (χ0n) is 13.1. The Bertz CT molecular complexity index is 686. The third-order valence-corrected chi connectivity index (χ3v) is 4.86. The van der Waals surface area contributed by atoms with E-state index in [9.17, 15) is 9.59 Å². The first-order valence-corrected chi connectivity index (χ1v) is 8.98. The largest absolute Gasteiger partial charge is 0.354 e. The van der Waals surface area contributed by atoms with E-state index >= 15 is 0 Å². The Kier molecular flexibility index (Phi) is 6.36. The fourth-order valence-electron chi connectivity index (χ4n) is 2.22. The molecule has 0 unspecified atom stereocenters. The molecule has 2 rings (SSSR count). The van der Waals surface area contributed by atoms with Gasteiger partial charge in [-0.1, -0.05) is 12.1 Å². The molecule has 0 spiro atoms. The lowest BCUT2D eigenvalue weighted by Crippen LogP contribution is -2.38. The van der Waals surface area contributed by atoms with Crippen LogP contribution in [0.5, 0.6) is 0 Å². The summed E-state index contributed by atoms with van der Waals surface area (Å²) in [6.07, 6.45) is 0.381. The molecule has 6 heteroatoms. The molecular weight excluding hydrogens is 376 g/mol. The Morgan fingerprint density at radius 1 is 1.30 bits per heavy atom. The van der Waals surface area contributed by atoms with Crippen molar-refractivity contribution in [2.45, 2.75) is 20.3 Å². The number of nitrogens with one attached hydrogen (secondary N) is 1. The molecule has 1 heterocycles. The van der Waals surface area contributed by atoms with E-state index in [1.165, 1.54) is 6.92 Å². The molecular formula is C17H19BrN2O2S. The Morgan fingerprint density at radius 3 is 2.70 bits per heavy atom. The molecule has 0 aliphatic heterocycles. The van der Waals surface area contributed by atoms with Crippen LogP contribution >= 0.6 is 27.3 Å². The Hall–Kier alpha value is -1.66. The van der Waals surface area contributed by atoms with Gasteiger partial charge in [0.1, 0.15) is 0 Å². The van der Waals surface area contributed by atoms with E-state index in [4.69, 9.17) is 0 Å². The fourth-order valence-corrected chi connectivity index (χ4v) is 3.63. The molecule has 1 N–H and O–H groups in total. The molecule has 122 valence electrons. The van der Waals surface area contributed by atoms with Crippen molar-refractivity contribution in [3.05, 3.63) is 50.6 Å². The van der Waals surface area contributed by atoms with Crippen LogP contribution in [-0.2, 0) is 16.0 Å². The summed E-state index contributed by atoms with van der Waals surface area (Å²) in [6.45, 7) is 4.38. The standard InChI is InChI=1S/C17H19BrN2O2S/c1-12-5-6-16(15(18)10-12)20(13(2)21)8-7-19-17(22)11-14-4-3-9-23-14/h3-6,9-10H,7-8,11H2,1-2H3,(H,19,22). The summed E-state index contributed by atoms with van der Waals surface area (Å²) in [5.74, 6) is -0.0824. The summed E-state index contributed by atoms with van der Waals surface area (Å²) >= 11 is 5.06. The van der Waals surface area contributed by atoms with Gasteiger partial charge in [-0.25, -0.2) is 0 Å². The average Bonchev–Trinajstić information content (AvgIpc) is 2.97. The van der Waals surface area contributed by atoms with Crippen molar-refractivity contribution in [2.75, 3.05) is 18.0 Å². The van der Waals surface area contributed by atoms with Gasteiger partial charge in [-0.15, -0.1) is 11.3 Å². The number of hydrogen-bond acceptors (Lipinski definition) is 3. The van der Waals surface area contributed by atoms with Crippen molar-refractivity contribution in [1.82, 2.24) is 5.32 Å². The van der Waals surface area contributed by atoms with Crippen molar-refractivity contribution >= 4 is 44.8 Å². The first-order chi connectivity index (χ1) is 11.0. The van der Waals surface area contributed by atoms with Gasteiger partial charge in [0.2, 0.25) is 11.8 Å². The van der Waals surface area contributed by atoms with Crippen LogP contribution in [-0.4, -0.2) is 24.9 Å². The normalized spacial score (nSPS) is 10.4. The Morgan fingerprint density at radius 2 is 2.09 bits per heavy atom. The van der Waals surface area contributed by atoms with Gasteiger partial charge in [-0.3, -0.25) is 9.59 Å². The van der Waals surface area contributed by atoms with Gasteiger partial charge in [-0.2, -0.15) is 0 Å². The average molecular weight is 395 g/mol. The molecule has 0 atom stereocenters. The van der Waals surface area contributed by atoms with Crippen molar-refractivity contribution in [1.29, 1.82) is 0 Å². The maximum absolute atomic E-state index is 11.9. The van der Waals surface area contributed by atoms with Crippen LogP contribution in [0, 0.1) is 6.92 Å². The number of anilines is 1. The quantitative estimate of drug-likeness (QED) is 0.814. The lowest BCUT2D eigenvalue weighted by Gasteiger charge is -2.23. The van der Waals surface area contributed by atoms with Gasteiger partial charge >= 0.3 is 0 Å². The van der Waals surface area contributed by atoms with Crippen LogP contribution in [0.25, 0.3) is 0 Å². The van der Waals surface area contributed by atoms with Crippen LogP contribution in [0.15, 0.2) is 40.2 Å². The lowest BCUT2D eigenvalue weighted by atomic mass is 10.2. The molecule has 0 saturated carbocycles. The number of thiophene rings is 1. The molecule has 1 aromatic carbocycles. The highest BCUT2D eigenvalue weighted by molar-refractivity contribution is 9.10. The molecule has 0 fully saturated rings. The predicted molar refractivity (Wildman–Crippen MR) is 97.9 cm³/mol. The lowest BCUT2D eigenvalue weighted by molar-refractivity contribution is -0.120. The smallest absolute Gasteiger partial charge is 0.225 e. The van der Waals surface area contributed by atoms with E-state index in [0.717, 1.165) is 20.6 Å². The summed E-state index contributed by atoms with van der Waals surface area (Å²) in [5.41, 5.74) is 1.93. The molecule has 1 aromatic heterocycles. The first-order valence-electron chi connectivity index (χ1n) is 7.30. The number of carbonyl (C=O) groups is 2. The minimum absolute atomic E-state index is 0.0288. The molecule has 0 bridgehead atoms. The predicted octanol–water partition coefficient (Wildman–Crippen LogP) is 3.53. The number of halogens is 1. The zero-order valence-corrected chi connectivity index (χ0v) is 15.5. The molecule has 23 heavy (non-hydrogen) atoms. The van der Waals surface area contributed by atoms with E-state index < -0.39 is 0 Å². The molecule has 0 aliphatic rings. The summed E-state index contributed by atoms with van der Waals surface area (Å²) in [7, 11) is 0. The highest BCUT2D eigenvalue weighted by Crippen LogP contribution is 2.27. The van der Waals surface area contributed by atoms with Gasteiger partial charge in [0.15, 0.2) is 0 Å². The van der Waals surface area contributed by atoms with Crippen LogP contribution in [0.4, 0.5) is 5.69 Å². The van der Waals surface area contributed by atoms with Gasteiger partial charge in [0, 0.05) is 29.4 Å². The summed E-state index contributed by atoms with van der Waals surface area (Å²) < 4.78 is 0.873. The summed E-state index contributed by atoms with van der Waals surface area (Å²) in [5, 5.41) is 4.82. The minimum Gasteiger partial charge on any atom is -0.354 e. The van der Waals surface area contributed by atoms with Crippen molar-refractivity contribution in [2.24, 2.45) is 0 Å². The molecule has 0 saturated heterocycles.